The zero-order chi connectivity index (χ0) is 31.9. The lowest BCUT2D eigenvalue weighted by atomic mass is 9.71. The summed E-state index contributed by atoms with van der Waals surface area (Å²) in [5, 5.41) is 14.1. The number of fused-ring (bicyclic) bond motifs is 1. The fourth-order valence-electron chi connectivity index (χ4n) is 7.14. The Morgan fingerprint density at radius 3 is 2.33 bits per heavy atom. The molecule has 0 aromatic carbocycles. The van der Waals surface area contributed by atoms with Crippen molar-refractivity contribution in [3.8, 4) is 0 Å². The number of hydrogen-bond acceptors (Lipinski definition) is 9. The van der Waals surface area contributed by atoms with Gasteiger partial charge in [-0.25, -0.2) is 0 Å². The Morgan fingerprint density at radius 2 is 1.70 bits per heavy atom. The number of rotatable bonds is 15. The Kier molecular flexibility index (Phi) is 13.4. The molecule has 3 fully saturated rings. The molecule has 3 rings (SSSR count). The van der Waals surface area contributed by atoms with E-state index >= 15 is 0 Å². The van der Waals surface area contributed by atoms with E-state index in [2.05, 4.69) is 39.9 Å². The van der Waals surface area contributed by atoms with Crippen molar-refractivity contribution in [3.05, 3.63) is 0 Å². The maximum Gasteiger partial charge on any atom is 0.256 e. The maximum absolute atomic E-state index is 13.5. The van der Waals surface area contributed by atoms with Gasteiger partial charge >= 0.3 is 0 Å². The molecule has 0 radical (unpaired) electrons. The van der Waals surface area contributed by atoms with Crippen LogP contribution in [0, 0.1) is 23.2 Å². The van der Waals surface area contributed by atoms with Crippen molar-refractivity contribution in [1.29, 1.82) is 0 Å². The van der Waals surface area contributed by atoms with Gasteiger partial charge in [0.15, 0.2) is 12.3 Å². The van der Waals surface area contributed by atoms with Crippen LogP contribution in [0.3, 0.4) is 0 Å². The van der Waals surface area contributed by atoms with Crippen molar-refractivity contribution in [2.45, 2.75) is 155 Å². The van der Waals surface area contributed by atoms with Crippen LogP contribution in [0.2, 0.25) is 0 Å². The van der Waals surface area contributed by atoms with Crippen LogP contribution >= 0.6 is 0 Å². The first-order valence-corrected chi connectivity index (χ1v) is 16.4. The second-order valence-corrected chi connectivity index (χ2v) is 14.0. The number of aliphatic hydroxyl groups is 1. The first-order valence-electron chi connectivity index (χ1n) is 16.4. The highest BCUT2D eigenvalue weighted by atomic mass is 16.7. The van der Waals surface area contributed by atoms with E-state index in [4.69, 9.17) is 28.4 Å². The minimum Gasteiger partial charge on any atom is -0.378 e. The zero-order valence-corrected chi connectivity index (χ0v) is 28.1. The molecule has 10 heteroatoms. The molecule has 250 valence electrons. The molecule has 43 heavy (non-hydrogen) atoms. The summed E-state index contributed by atoms with van der Waals surface area (Å²) in [4.78, 5) is 24.6. The standard InChI is InChI=1S/C33H59NO9/c1-20(15-13-11-10-12-14-16-22(3)35)17-25-32(6,7)29(38-8)26-27(42-25)31(41-19-40-26)34-30(37)28(36)33(39-9)18-21(2)23(4)24(5)43-33/h20-21,23-29,31,36H,10-19H2,1-9H3,(H,34,37)/t20-,21?,23-,24-,25?,26?,27?,28?,29?,31?,33?/m1/s1. The summed E-state index contributed by atoms with van der Waals surface area (Å²) < 4.78 is 36.4. The largest absolute Gasteiger partial charge is 0.378 e. The predicted molar refractivity (Wildman–Crippen MR) is 162 cm³/mol. The summed E-state index contributed by atoms with van der Waals surface area (Å²) in [5.74, 6) is -0.945. The van der Waals surface area contributed by atoms with Crippen LogP contribution in [0.1, 0.15) is 106 Å². The second kappa shape index (κ2) is 15.9. The molecule has 0 saturated carbocycles. The number of aliphatic hydroxyl groups excluding tert-OH is 1. The molecule has 3 heterocycles. The van der Waals surface area contributed by atoms with E-state index in [9.17, 15) is 14.7 Å². The molecule has 0 aliphatic carbocycles. The van der Waals surface area contributed by atoms with Crippen LogP contribution in [-0.2, 0) is 38.0 Å². The summed E-state index contributed by atoms with van der Waals surface area (Å²) >= 11 is 0. The number of ether oxygens (including phenoxy) is 6. The van der Waals surface area contributed by atoms with Gasteiger partial charge in [-0.1, -0.05) is 66.7 Å². The Hall–Kier alpha value is -1.14. The zero-order valence-electron chi connectivity index (χ0n) is 28.1. The van der Waals surface area contributed by atoms with Crippen LogP contribution < -0.4 is 5.32 Å². The normalized spacial score (nSPS) is 37.3. The van der Waals surface area contributed by atoms with Gasteiger partial charge in [0.05, 0.1) is 18.3 Å². The van der Waals surface area contributed by atoms with Gasteiger partial charge in [0.25, 0.3) is 5.91 Å². The van der Waals surface area contributed by atoms with Gasteiger partial charge in [-0.15, -0.1) is 0 Å². The fraction of sp³-hybridized carbons (Fsp3) is 0.939. The lowest BCUT2D eigenvalue weighted by molar-refractivity contribution is -0.333. The third kappa shape index (κ3) is 8.77. The molecule has 8 unspecified atom stereocenters. The van der Waals surface area contributed by atoms with Gasteiger partial charge in [-0.3, -0.25) is 4.79 Å². The highest BCUT2D eigenvalue weighted by molar-refractivity contribution is 5.82. The summed E-state index contributed by atoms with van der Waals surface area (Å²) in [6.45, 7) is 14.3. The van der Waals surface area contributed by atoms with E-state index < -0.39 is 36.2 Å². The SMILES string of the molecule is COC1C2OCOC(NC(=O)C(O)C3(OC)CC(C)[C@@H](C)[C@@H](C)O3)C2OC(C[C@H](C)CCCCCCCC(C)=O)C1(C)C. The van der Waals surface area contributed by atoms with Crippen molar-refractivity contribution in [1.82, 2.24) is 5.32 Å². The molecule has 0 aromatic heterocycles. The Labute approximate surface area is 259 Å². The first kappa shape index (κ1) is 36.3. The van der Waals surface area contributed by atoms with Crippen LogP contribution in [0.15, 0.2) is 0 Å². The van der Waals surface area contributed by atoms with Crippen molar-refractivity contribution in [3.63, 3.8) is 0 Å². The minimum absolute atomic E-state index is 0.0352. The summed E-state index contributed by atoms with van der Waals surface area (Å²) in [7, 11) is 3.15. The van der Waals surface area contributed by atoms with Gasteiger partial charge in [-0.05, 0) is 44.4 Å². The molecule has 11 atom stereocenters. The molecule has 0 bridgehead atoms. The number of ketones is 1. The third-order valence-electron chi connectivity index (χ3n) is 10.3. The van der Waals surface area contributed by atoms with Gasteiger partial charge < -0.3 is 43.6 Å². The van der Waals surface area contributed by atoms with Crippen LogP contribution in [-0.4, -0.2) is 86.4 Å². The molecule has 3 saturated heterocycles. The summed E-state index contributed by atoms with van der Waals surface area (Å²) in [6, 6.07) is 0. The molecule has 3 aliphatic heterocycles. The van der Waals surface area contributed by atoms with E-state index in [1.807, 2.05) is 6.92 Å². The second-order valence-electron chi connectivity index (χ2n) is 14.0. The van der Waals surface area contributed by atoms with Gasteiger partial charge in [0.2, 0.25) is 5.79 Å². The molecule has 1 amide bonds. The van der Waals surface area contributed by atoms with Gasteiger partial charge in [0, 0.05) is 32.5 Å². The number of Topliss-reactive ketones (excluding diaryl/α,β-unsaturated/α-hetero) is 1. The topological polar surface area (TPSA) is 122 Å². The Balaban J connectivity index is 1.64. The molecular weight excluding hydrogens is 554 g/mol. The minimum atomic E-state index is -1.56. The highest BCUT2D eigenvalue weighted by Gasteiger charge is 2.57. The van der Waals surface area contributed by atoms with Crippen LogP contribution in [0.5, 0.6) is 0 Å². The molecule has 3 aliphatic rings. The van der Waals surface area contributed by atoms with Gasteiger partial charge in [0.1, 0.15) is 24.8 Å². The van der Waals surface area contributed by atoms with Crippen molar-refractivity contribution in [2.24, 2.45) is 23.2 Å². The number of amides is 1. The maximum atomic E-state index is 13.5. The molecule has 0 spiro atoms. The molecular formula is C33H59NO9. The van der Waals surface area contributed by atoms with E-state index in [1.165, 1.54) is 7.11 Å². The molecule has 2 N–H and O–H groups in total. The summed E-state index contributed by atoms with van der Waals surface area (Å²) in [6.07, 6.45) is 4.40. The fourth-order valence-corrected chi connectivity index (χ4v) is 7.14. The number of carbonyl (C=O) groups is 2. The van der Waals surface area contributed by atoms with Crippen molar-refractivity contribution in [2.75, 3.05) is 21.0 Å². The van der Waals surface area contributed by atoms with Crippen LogP contribution in [0.4, 0.5) is 0 Å². The van der Waals surface area contributed by atoms with Crippen LogP contribution in [0.25, 0.3) is 0 Å². The first-order chi connectivity index (χ1) is 20.3. The predicted octanol–water partition coefficient (Wildman–Crippen LogP) is 4.74. The number of carbonyl (C=O) groups excluding carboxylic acids is 2. The number of unbranched alkanes of at least 4 members (excludes halogenated alkanes) is 4. The smallest absolute Gasteiger partial charge is 0.256 e. The highest BCUT2D eigenvalue weighted by Crippen LogP contribution is 2.45. The molecule has 10 nitrogen and oxygen atoms in total. The monoisotopic (exact) mass is 613 g/mol. The average molecular weight is 614 g/mol. The van der Waals surface area contributed by atoms with E-state index in [-0.39, 0.29) is 48.1 Å². The number of nitrogens with one attached hydrogen (secondary N) is 1. The van der Waals surface area contributed by atoms with E-state index in [0.29, 0.717) is 18.8 Å². The Bertz CT molecular complexity index is 886. The lowest BCUT2D eigenvalue weighted by Crippen LogP contribution is -2.69. The quantitative estimate of drug-likeness (QED) is 0.252. The third-order valence-corrected chi connectivity index (χ3v) is 10.3. The van der Waals surface area contributed by atoms with Gasteiger partial charge in [-0.2, -0.15) is 0 Å². The number of hydrogen-bond donors (Lipinski definition) is 2. The molecule has 0 aromatic rings. The van der Waals surface area contributed by atoms with E-state index in [1.54, 1.807) is 14.0 Å². The lowest BCUT2D eigenvalue weighted by Gasteiger charge is -2.54. The van der Waals surface area contributed by atoms with Crippen molar-refractivity contribution >= 4 is 11.7 Å². The number of methoxy groups -OCH3 is 2. The van der Waals surface area contributed by atoms with Crippen molar-refractivity contribution < 1.29 is 43.1 Å². The van der Waals surface area contributed by atoms with E-state index in [0.717, 1.165) is 44.9 Å². The summed E-state index contributed by atoms with van der Waals surface area (Å²) in [5.41, 5.74) is -0.346. The Morgan fingerprint density at radius 1 is 1.02 bits per heavy atom. The average Bonchev–Trinajstić information content (AvgIpc) is 2.95.